The lowest BCUT2D eigenvalue weighted by molar-refractivity contribution is 0.296. The van der Waals surface area contributed by atoms with Gasteiger partial charge in [-0.3, -0.25) is 4.79 Å². The van der Waals surface area contributed by atoms with Crippen molar-refractivity contribution in [3.8, 4) is 11.3 Å². The predicted molar refractivity (Wildman–Crippen MR) is 77.5 cm³/mol. The molecule has 0 unspecified atom stereocenters. The molecule has 0 spiro atoms. The summed E-state index contributed by atoms with van der Waals surface area (Å²) in [6.45, 7) is 1.92. The van der Waals surface area contributed by atoms with Gasteiger partial charge >= 0.3 is 0 Å². The highest BCUT2D eigenvalue weighted by Crippen LogP contribution is 2.21. The summed E-state index contributed by atoms with van der Waals surface area (Å²) >= 11 is 1.45. The molecular formula is C14H16N2O2S. The molecule has 19 heavy (non-hydrogen) atoms. The summed E-state index contributed by atoms with van der Waals surface area (Å²) in [6.07, 6.45) is 0.683. The van der Waals surface area contributed by atoms with Crippen molar-refractivity contribution in [2.75, 3.05) is 12.4 Å². The van der Waals surface area contributed by atoms with E-state index in [1.807, 2.05) is 30.3 Å². The molecule has 0 fully saturated rings. The van der Waals surface area contributed by atoms with E-state index in [4.69, 9.17) is 5.11 Å². The Morgan fingerprint density at radius 3 is 2.74 bits per heavy atom. The lowest BCUT2D eigenvalue weighted by atomic mass is 10.1. The second kappa shape index (κ2) is 6.54. The molecule has 0 saturated heterocycles. The first-order valence-electron chi connectivity index (χ1n) is 6.12. The van der Waals surface area contributed by atoms with Crippen LogP contribution >= 0.6 is 11.8 Å². The van der Waals surface area contributed by atoms with E-state index in [1.165, 1.54) is 11.8 Å². The topological polar surface area (TPSA) is 66.0 Å². The van der Waals surface area contributed by atoms with Crippen LogP contribution in [-0.2, 0) is 0 Å². The van der Waals surface area contributed by atoms with Crippen molar-refractivity contribution in [3.05, 3.63) is 46.2 Å². The molecular weight excluding hydrogens is 260 g/mol. The number of aromatic nitrogens is 2. The Kier molecular flexibility index (Phi) is 4.76. The molecule has 1 aromatic carbocycles. The molecule has 5 heteroatoms. The van der Waals surface area contributed by atoms with Crippen LogP contribution in [0.15, 0.2) is 40.3 Å². The SMILES string of the molecule is Cc1c(-c2ccccc2)nc(SCCCO)[nH]c1=O. The highest BCUT2D eigenvalue weighted by Gasteiger charge is 2.09. The number of H-pyrrole nitrogens is 1. The zero-order chi connectivity index (χ0) is 13.7. The number of aliphatic hydroxyl groups excluding tert-OH is 1. The zero-order valence-electron chi connectivity index (χ0n) is 10.7. The van der Waals surface area contributed by atoms with Crippen LogP contribution in [0.1, 0.15) is 12.0 Å². The fourth-order valence-electron chi connectivity index (χ4n) is 1.69. The van der Waals surface area contributed by atoms with Gasteiger partial charge < -0.3 is 10.1 Å². The highest BCUT2D eigenvalue weighted by molar-refractivity contribution is 7.99. The summed E-state index contributed by atoms with van der Waals surface area (Å²) in [7, 11) is 0. The fraction of sp³-hybridized carbons (Fsp3) is 0.286. The molecule has 0 aliphatic rings. The summed E-state index contributed by atoms with van der Waals surface area (Å²) < 4.78 is 0. The third-order valence-corrected chi connectivity index (χ3v) is 3.68. The van der Waals surface area contributed by atoms with E-state index in [9.17, 15) is 4.79 Å². The molecule has 0 saturated carbocycles. The minimum atomic E-state index is -0.111. The number of aliphatic hydroxyl groups is 1. The van der Waals surface area contributed by atoms with Crippen LogP contribution in [0, 0.1) is 6.92 Å². The Bertz CT molecular complexity index is 596. The van der Waals surface area contributed by atoms with Gasteiger partial charge in [0.15, 0.2) is 5.16 Å². The number of benzene rings is 1. The molecule has 2 aromatic rings. The highest BCUT2D eigenvalue weighted by atomic mass is 32.2. The smallest absolute Gasteiger partial charge is 0.255 e. The molecule has 0 aliphatic heterocycles. The lowest BCUT2D eigenvalue weighted by Crippen LogP contribution is -2.14. The Morgan fingerprint density at radius 1 is 1.32 bits per heavy atom. The second-order valence-corrected chi connectivity index (χ2v) is 5.22. The van der Waals surface area contributed by atoms with Gasteiger partial charge in [-0.05, 0) is 13.3 Å². The maximum absolute atomic E-state index is 11.9. The molecule has 1 aromatic heterocycles. The van der Waals surface area contributed by atoms with Crippen molar-refractivity contribution in [1.29, 1.82) is 0 Å². The van der Waals surface area contributed by atoms with Crippen molar-refractivity contribution >= 4 is 11.8 Å². The quantitative estimate of drug-likeness (QED) is 0.499. The van der Waals surface area contributed by atoms with Gasteiger partial charge in [-0.25, -0.2) is 4.98 Å². The molecule has 0 radical (unpaired) electrons. The maximum Gasteiger partial charge on any atom is 0.255 e. The van der Waals surface area contributed by atoms with Crippen molar-refractivity contribution in [2.24, 2.45) is 0 Å². The van der Waals surface area contributed by atoms with Gasteiger partial charge in [0.05, 0.1) is 5.69 Å². The third kappa shape index (κ3) is 3.45. The number of nitrogens with one attached hydrogen (secondary N) is 1. The normalized spacial score (nSPS) is 10.6. The molecule has 2 rings (SSSR count). The number of hydrogen-bond acceptors (Lipinski definition) is 4. The van der Waals surface area contributed by atoms with Crippen molar-refractivity contribution in [3.63, 3.8) is 0 Å². The Hall–Kier alpha value is -1.59. The predicted octanol–water partition coefficient (Wildman–Crippen LogP) is 2.22. The minimum absolute atomic E-state index is 0.111. The number of thioether (sulfide) groups is 1. The summed E-state index contributed by atoms with van der Waals surface area (Å²) in [6, 6.07) is 9.67. The lowest BCUT2D eigenvalue weighted by Gasteiger charge is -2.07. The van der Waals surface area contributed by atoms with Gasteiger partial charge in [0.2, 0.25) is 0 Å². The van der Waals surface area contributed by atoms with Gasteiger partial charge in [0.25, 0.3) is 5.56 Å². The molecule has 0 aliphatic carbocycles. The Balaban J connectivity index is 2.35. The summed E-state index contributed by atoms with van der Waals surface area (Å²) in [5.41, 5.74) is 2.17. The van der Waals surface area contributed by atoms with E-state index in [0.29, 0.717) is 17.1 Å². The van der Waals surface area contributed by atoms with Crippen LogP contribution in [0.3, 0.4) is 0 Å². The number of rotatable bonds is 5. The molecule has 4 nitrogen and oxygen atoms in total. The van der Waals surface area contributed by atoms with Gasteiger partial charge in [-0.1, -0.05) is 42.1 Å². The molecule has 100 valence electrons. The molecule has 0 bridgehead atoms. The van der Waals surface area contributed by atoms with Crippen molar-refractivity contribution in [2.45, 2.75) is 18.5 Å². The molecule has 1 heterocycles. The van der Waals surface area contributed by atoms with Crippen LogP contribution in [-0.4, -0.2) is 27.4 Å². The average molecular weight is 276 g/mol. The van der Waals surface area contributed by atoms with E-state index < -0.39 is 0 Å². The van der Waals surface area contributed by atoms with E-state index >= 15 is 0 Å². The minimum Gasteiger partial charge on any atom is -0.396 e. The van der Waals surface area contributed by atoms with Gasteiger partial charge in [-0.2, -0.15) is 0 Å². The summed E-state index contributed by atoms with van der Waals surface area (Å²) in [5.74, 6) is 0.733. The monoisotopic (exact) mass is 276 g/mol. The van der Waals surface area contributed by atoms with Crippen LogP contribution in [0.2, 0.25) is 0 Å². The largest absolute Gasteiger partial charge is 0.396 e. The van der Waals surface area contributed by atoms with Crippen LogP contribution in [0.4, 0.5) is 0 Å². The van der Waals surface area contributed by atoms with Gasteiger partial charge in [0, 0.05) is 23.5 Å². The Labute approximate surface area is 115 Å². The van der Waals surface area contributed by atoms with Crippen LogP contribution < -0.4 is 5.56 Å². The van der Waals surface area contributed by atoms with E-state index in [1.54, 1.807) is 6.92 Å². The number of hydrogen-bond donors (Lipinski definition) is 2. The van der Waals surface area contributed by atoms with E-state index in [0.717, 1.165) is 17.0 Å². The second-order valence-electron chi connectivity index (χ2n) is 4.14. The van der Waals surface area contributed by atoms with Gasteiger partial charge in [-0.15, -0.1) is 0 Å². The van der Waals surface area contributed by atoms with E-state index in [2.05, 4.69) is 9.97 Å². The van der Waals surface area contributed by atoms with Gasteiger partial charge in [0.1, 0.15) is 0 Å². The third-order valence-electron chi connectivity index (χ3n) is 2.72. The molecule has 0 amide bonds. The fourth-order valence-corrected chi connectivity index (χ4v) is 2.48. The zero-order valence-corrected chi connectivity index (χ0v) is 11.5. The van der Waals surface area contributed by atoms with Crippen LogP contribution in [0.5, 0.6) is 0 Å². The molecule has 2 N–H and O–H groups in total. The first-order chi connectivity index (χ1) is 9.22. The maximum atomic E-state index is 11.9. The average Bonchev–Trinajstić information content (AvgIpc) is 2.44. The standard InChI is InChI=1S/C14H16N2O2S/c1-10-12(11-6-3-2-4-7-11)15-14(16-13(10)18)19-9-5-8-17/h2-4,6-7,17H,5,8-9H2,1H3,(H,15,16,18). The van der Waals surface area contributed by atoms with Crippen molar-refractivity contribution < 1.29 is 5.11 Å². The number of nitrogens with zero attached hydrogens (tertiary/aromatic N) is 1. The first-order valence-corrected chi connectivity index (χ1v) is 7.11. The number of aromatic amines is 1. The van der Waals surface area contributed by atoms with E-state index in [-0.39, 0.29) is 12.2 Å². The van der Waals surface area contributed by atoms with Crippen LogP contribution in [0.25, 0.3) is 11.3 Å². The first kappa shape index (κ1) is 13.8. The molecule has 0 atom stereocenters. The summed E-state index contributed by atoms with van der Waals surface area (Å²) in [4.78, 5) is 19.2. The summed E-state index contributed by atoms with van der Waals surface area (Å²) in [5, 5.41) is 9.37. The Morgan fingerprint density at radius 2 is 2.05 bits per heavy atom. The van der Waals surface area contributed by atoms with Crippen molar-refractivity contribution in [1.82, 2.24) is 9.97 Å².